The van der Waals surface area contributed by atoms with Crippen molar-refractivity contribution in [2.45, 2.75) is 25.8 Å². The first-order valence-electron chi connectivity index (χ1n) is 7.79. The van der Waals surface area contributed by atoms with E-state index in [0.717, 1.165) is 24.5 Å². The van der Waals surface area contributed by atoms with Gasteiger partial charge in [-0.05, 0) is 43.5 Å². The third kappa shape index (κ3) is 2.63. The Morgan fingerprint density at radius 1 is 1.05 bits per heavy atom. The van der Waals surface area contributed by atoms with Crippen LogP contribution in [0.25, 0.3) is 0 Å². The molecule has 0 aliphatic carbocycles. The molecule has 0 bridgehead atoms. The summed E-state index contributed by atoms with van der Waals surface area (Å²) in [4.78, 5) is 2.50. The molecule has 3 rings (SSSR count). The van der Waals surface area contributed by atoms with Crippen molar-refractivity contribution in [3.63, 3.8) is 0 Å². The van der Waals surface area contributed by atoms with Gasteiger partial charge in [0.15, 0.2) is 0 Å². The molecule has 3 heteroatoms. The number of hydrogen-bond donors (Lipinski definition) is 0. The largest absolute Gasteiger partial charge is 0.497 e. The number of benzene rings is 2. The lowest BCUT2D eigenvalue weighted by Gasteiger charge is -2.29. The second-order valence-corrected chi connectivity index (χ2v) is 5.75. The van der Waals surface area contributed by atoms with Crippen LogP contribution in [0, 0.1) is 6.92 Å². The van der Waals surface area contributed by atoms with Crippen LogP contribution in [0.3, 0.4) is 0 Å². The molecule has 116 valence electrons. The van der Waals surface area contributed by atoms with Gasteiger partial charge in [0.2, 0.25) is 0 Å². The minimum atomic E-state index is 0.363. The normalized spacial score (nSPS) is 17.6. The molecule has 1 saturated heterocycles. The molecule has 1 atom stereocenters. The quantitative estimate of drug-likeness (QED) is 0.837. The summed E-state index contributed by atoms with van der Waals surface area (Å²) in [5.41, 5.74) is 3.88. The highest BCUT2D eigenvalue weighted by Gasteiger charge is 2.29. The maximum atomic E-state index is 5.61. The molecule has 0 saturated carbocycles. The highest BCUT2D eigenvalue weighted by atomic mass is 16.5. The van der Waals surface area contributed by atoms with Gasteiger partial charge in [0.25, 0.3) is 0 Å². The molecular weight excluding hydrogens is 274 g/mol. The Bertz CT molecular complexity index is 654. The topological polar surface area (TPSA) is 21.7 Å². The first-order valence-corrected chi connectivity index (χ1v) is 7.79. The SMILES string of the molecule is COc1ccc(C2CCCN2c2ccccc2C)c(OC)c1. The summed E-state index contributed by atoms with van der Waals surface area (Å²) in [6, 6.07) is 15.1. The Kier molecular flexibility index (Phi) is 4.23. The zero-order chi connectivity index (χ0) is 15.5. The second-order valence-electron chi connectivity index (χ2n) is 5.75. The van der Waals surface area contributed by atoms with Crippen molar-refractivity contribution < 1.29 is 9.47 Å². The lowest BCUT2D eigenvalue weighted by Crippen LogP contribution is -2.23. The van der Waals surface area contributed by atoms with Crippen LogP contribution in [-0.4, -0.2) is 20.8 Å². The van der Waals surface area contributed by atoms with Crippen molar-refractivity contribution in [3.8, 4) is 11.5 Å². The summed E-state index contributed by atoms with van der Waals surface area (Å²) >= 11 is 0. The number of ether oxygens (including phenoxy) is 2. The van der Waals surface area contributed by atoms with Gasteiger partial charge in [-0.1, -0.05) is 18.2 Å². The fraction of sp³-hybridized carbons (Fsp3) is 0.368. The molecule has 1 aliphatic heterocycles. The summed E-state index contributed by atoms with van der Waals surface area (Å²) in [5, 5.41) is 0. The van der Waals surface area contributed by atoms with Gasteiger partial charge in [-0.2, -0.15) is 0 Å². The number of methoxy groups -OCH3 is 2. The van der Waals surface area contributed by atoms with Crippen LogP contribution in [0.4, 0.5) is 5.69 Å². The third-order valence-corrected chi connectivity index (χ3v) is 4.48. The highest BCUT2D eigenvalue weighted by molar-refractivity contribution is 5.57. The molecule has 1 unspecified atom stereocenters. The van der Waals surface area contributed by atoms with E-state index in [9.17, 15) is 0 Å². The summed E-state index contributed by atoms with van der Waals surface area (Å²) in [6.45, 7) is 3.26. The first kappa shape index (κ1) is 14.8. The molecule has 0 spiro atoms. The summed E-state index contributed by atoms with van der Waals surface area (Å²) in [6.07, 6.45) is 2.35. The molecule has 0 N–H and O–H groups in total. The predicted octanol–water partition coefficient (Wildman–Crippen LogP) is 4.35. The average molecular weight is 297 g/mol. The van der Waals surface area contributed by atoms with Crippen LogP contribution >= 0.6 is 0 Å². The van der Waals surface area contributed by atoms with E-state index in [2.05, 4.69) is 42.2 Å². The Morgan fingerprint density at radius 2 is 1.86 bits per heavy atom. The fourth-order valence-corrected chi connectivity index (χ4v) is 3.36. The Hall–Kier alpha value is -2.16. The molecule has 2 aromatic rings. The number of anilines is 1. The van der Waals surface area contributed by atoms with Gasteiger partial charge in [-0.15, -0.1) is 0 Å². The molecule has 1 heterocycles. The Labute approximate surface area is 132 Å². The zero-order valence-electron chi connectivity index (χ0n) is 13.5. The third-order valence-electron chi connectivity index (χ3n) is 4.48. The molecule has 1 aliphatic rings. The van der Waals surface area contributed by atoms with Crippen LogP contribution in [0.15, 0.2) is 42.5 Å². The van der Waals surface area contributed by atoms with Gasteiger partial charge in [0.1, 0.15) is 11.5 Å². The van der Waals surface area contributed by atoms with E-state index in [4.69, 9.17) is 9.47 Å². The Balaban J connectivity index is 1.98. The molecule has 3 nitrogen and oxygen atoms in total. The van der Waals surface area contributed by atoms with Crippen LogP contribution in [0.5, 0.6) is 11.5 Å². The lowest BCUT2D eigenvalue weighted by atomic mass is 10.0. The number of nitrogens with zero attached hydrogens (tertiary/aromatic N) is 1. The fourth-order valence-electron chi connectivity index (χ4n) is 3.36. The van der Waals surface area contributed by atoms with E-state index in [1.807, 2.05) is 12.1 Å². The van der Waals surface area contributed by atoms with Crippen LogP contribution in [0.1, 0.15) is 30.0 Å². The predicted molar refractivity (Wildman–Crippen MR) is 90.0 cm³/mol. The maximum Gasteiger partial charge on any atom is 0.127 e. The number of hydrogen-bond acceptors (Lipinski definition) is 3. The minimum Gasteiger partial charge on any atom is -0.497 e. The van der Waals surface area contributed by atoms with E-state index in [-0.39, 0.29) is 0 Å². The van der Waals surface area contributed by atoms with Crippen LogP contribution in [0.2, 0.25) is 0 Å². The van der Waals surface area contributed by atoms with Crippen molar-refractivity contribution in [3.05, 3.63) is 53.6 Å². The van der Waals surface area contributed by atoms with Crippen molar-refractivity contribution in [1.29, 1.82) is 0 Å². The van der Waals surface area contributed by atoms with Gasteiger partial charge in [0, 0.05) is 23.9 Å². The van der Waals surface area contributed by atoms with Crippen molar-refractivity contribution in [2.24, 2.45) is 0 Å². The van der Waals surface area contributed by atoms with Crippen molar-refractivity contribution in [2.75, 3.05) is 25.7 Å². The molecule has 0 amide bonds. The summed E-state index contributed by atoms with van der Waals surface area (Å²) < 4.78 is 10.9. The molecule has 0 radical (unpaired) electrons. The van der Waals surface area contributed by atoms with E-state index in [0.29, 0.717) is 6.04 Å². The summed E-state index contributed by atoms with van der Waals surface area (Å²) in [7, 11) is 3.41. The average Bonchev–Trinajstić information content (AvgIpc) is 3.03. The second kappa shape index (κ2) is 6.30. The monoisotopic (exact) mass is 297 g/mol. The van der Waals surface area contributed by atoms with Gasteiger partial charge in [-0.25, -0.2) is 0 Å². The molecule has 22 heavy (non-hydrogen) atoms. The highest BCUT2D eigenvalue weighted by Crippen LogP contribution is 2.41. The van der Waals surface area contributed by atoms with Crippen molar-refractivity contribution in [1.82, 2.24) is 0 Å². The van der Waals surface area contributed by atoms with E-state index < -0.39 is 0 Å². The van der Waals surface area contributed by atoms with Crippen molar-refractivity contribution >= 4 is 5.69 Å². The minimum absolute atomic E-state index is 0.363. The lowest BCUT2D eigenvalue weighted by molar-refractivity contribution is 0.388. The molecule has 1 fully saturated rings. The molecule has 2 aromatic carbocycles. The smallest absolute Gasteiger partial charge is 0.127 e. The van der Waals surface area contributed by atoms with Gasteiger partial charge in [0.05, 0.1) is 20.3 Å². The van der Waals surface area contributed by atoms with Gasteiger partial charge >= 0.3 is 0 Å². The van der Waals surface area contributed by atoms with Gasteiger partial charge in [-0.3, -0.25) is 0 Å². The van der Waals surface area contributed by atoms with Crippen LogP contribution in [-0.2, 0) is 0 Å². The zero-order valence-corrected chi connectivity index (χ0v) is 13.5. The number of aryl methyl sites for hydroxylation is 1. The standard InChI is InChI=1S/C19H23NO2/c1-14-7-4-5-8-17(14)20-12-6-9-18(20)16-11-10-15(21-2)13-19(16)22-3/h4-5,7-8,10-11,13,18H,6,9,12H2,1-3H3. The number of rotatable bonds is 4. The van der Waals surface area contributed by atoms with E-state index >= 15 is 0 Å². The Morgan fingerprint density at radius 3 is 2.59 bits per heavy atom. The first-order chi connectivity index (χ1) is 10.7. The molecular formula is C19H23NO2. The van der Waals surface area contributed by atoms with Gasteiger partial charge < -0.3 is 14.4 Å². The molecule has 0 aromatic heterocycles. The van der Waals surface area contributed by atoms with E-state index in [1.165, 1.54) is 23.2 Å². The summed E-state index contributed by atoms with van der Waals surface area (Å²) in [5.74, 6) is 1.74. The van der Waals surface area contributed by atoms with E-state index in [1.54, 1.807) is 14.2 Å². The number of para-hydroxylation sites is 1. The van der Waals surface area contributed by atoms with Crippen LogP contribution < -0.4 is 14.4 Å². The maximum absolute atomic E-state index is 5.61.